The highest BCUT2D eigenvalue weighted by atomic mass is 32.1. The number of anilines is 1. The van der Waals surface area contributed by atoms with Crippen molar-refractivity contribution in [2.75, 3.05) is 46.1 Å². The van der Waals surface area contributed by atoms with Gasteiger partial charge in [0.05, 0.1) is 55.8 Å². The highest BCUT2D eigenvalue weighted by Crippen LogP contribution is 2.70. The number of likely N-dealkylation sites (tertiary alicyclic amines) is 2. The fraction of sp³-hybridized carbons (Fsp3) is 0.533. The predicted octanol–water partition coefficient (Wildman–Crippen LogP) is 16.9. The van der Waals surface area contributed by atoms with E-state index in [1.165, 1.54) is 27.8 Å². The van der Waals surface area contributed by atoms with Gasteiger partial charge in [-0.2, -0.15) is 0 Å². The van der Waals surface area contributed by atoms with Crippen molar-refractivity contribution >= 4 is 95.1 Å². The molecule has 5 aliphatic rings. The van der Waals surface area contributed by atoms with Gasteiger partial charge in [-0.15, -0.1) is 17.9 Å². The number of carbonyl (C=O) groups is 7. The lowest BCUT2D eigenvalue weighted by Crippen LogP contribution is -2.58. The zero-order valence-corrected chi connectivity index (χ0v) is 76.0. The van der Waals surface area contributed by atoms with E-state index in [0.29, 0.717) is 75.1 Å². The van der Waals surface area contributed by atoms with Crippen LogP contribution in [0, 0.1) is 16.7 Å². The average molecular weight is 1760 g/mol. The van der Waals surface area contributed by atoms with Gasteiger partial charge in [0, 0.05) is 83.5 Å². The lowest BCUT2D eigenvalue weighted by Gasteiger charge is -2.36. The minimum atomic E-state index is -3.79. The number of amides is 6. The summed E-state index contributed by atoms with van der Waals surface area (Å²) >= 11 is 1.45. The van der Waals surface area contributed by atoms with E-state index in [-0.39, 0.29) is 56.6 Å². The number of hydrogen-bond acceptors (Lipinski definition) is 24. The summed E-state index contributed by atoms with van der Waals surface area (Å²) in [7, 11) is -4.40. The van der Waals surface area contributed by atoms with E-state index in [2.05, 4.69) is 38.3 Å². The van der Waals surface area contributed by atoms with Crippen LogP contribution >= 0.6 is 26.2 Å². The Balaban J connectivity index is 0.000000240. The van der Waals surface area contributed by atoms with Crippen molar-refractivity contribution in [3.05, 3.63) is 127 Å². The molecule has 5 fully saturated rings. The molecule has 7 aromatic rings. The van der Waals surface area contributed by atoms with Crippen LogP contribution in [0.2, 0.25) is 0 Å². The van der Waals surface area contributed by atoms with E-state index in [9.17, 15) is 42.7 Å². The predicted molar refractivity (Wildman–Crippen MR) is 472 cm³/mol. The van der Waals surface area contributed by atoms with Gasteiger partial charge in [0.15, 0.2) is 5.13 Å². The summed E-state index contributed by atoms with van der Waals surface area (Å²) in [5.74, 6) is -0.883. The first-order chi connectivity index (χ1) is 58.4. The number of nitrogens with zero attached hydrogens (tertiary/aromatic N) is 5. The number of pyridine rings is 2. The molecule has 4 aromatic carbocycles. The average Bonchev–Trinajstić information content (AvgIpc) is 1.55. The van der Waals surface area contributed by atoms with Gasteiger partial charge in [-0.05, 0) is 153 Å². The number of aromatic nitrogens is 3. The van der Waals surface area contributed by atoms with Gasteiger partial charge in [-0.1, -0.05) is 109 Å². The Hall–Kier alpha value is -10.1. The van der Waals surface area contributed by atoms with Crippen LogP contribution in [0.15, 0.2) is 127 Å². The molecule has 666 valence electrons. The number of rotatable bonds is 33. The maximum atomic E-state index is 14.9. The summed E-state index contributed by atoms with van der Waals surface area (Å²) < 4.78 is 87.1. The van der Waals surface area contributed by atoms with Crippen molar-refractivity contribution < 1.29 is 89.6 Å². The molecule has 5 heterocycles. The molecule has 3 saturated carbocycles. The number of benzene rings is 4. The van der Waals surface area contributed by atoms with Gasteiger partial charge in [-0.3, -0.25) is 32.8 Å². The Morgan fingerprint density at radius 1 is 0.618 bits per heavy atom. The molecule has 2 aliphatic heterocycles. The van der Waals surface area contributed by atoms with Crippen molar-refractivity contribution in [3.8, 4) is 51.4 Å². The minimum Gasteiger partial charge on any atom is -0.497 e. The molecule has 11 atom stereocenters. The fourth-order valence-corrected chi connectivity index (χ4v) is 21.2. The number of carbonyl (C=O) groups excluding carboxylic acids is 7. The van der Waals surface area contributed by atoms with Crippen molar-refractivity contribution in [2.24, 2.45) is 16.7 Å². The number of para-hydroxylation sites is 1. The summed E-state index contributed by atoms with van der Waals surface area (Å²) in [5, 5.41) is 20.8. The normalized spacial score (nSPS) is 20.9. The molecule has 6 N–H and O–H groups in total. The van der Waals surface area contributed by atoms with E-state index >= 15 is 0 Å². The van der Waals surface area contributed by atoms with Crippen LogP contribution in [0.25, 0.3) is 44.5 Å². The largest absolute Gasteiger partial charge is 0.510 e. The molecule has 33 heteroatoms. The van der Waals surface area contributed by atoms with Crippen molar-refractivity contribution in [1.82, 2.24) is 51.1 Å². The van der Waals surface area contributed by atoms with E-state index in [1.54, 1.807) is 76.6 Å². The molecule has 30 nitrogen and oxygen atoms in total. The summed E-state index contributed by atoms with van der Waals surface area (Å²) in [6.07, 6.45) is 5.15. The second-order valence-electron chi connectivity index (χ2n) is 35.2. The molecule has 12 rings (SSSR count). The SMILES string of the molecule is C=C[C@@H]1C[C@]1(NC(=O)[C@@H]1C[C@@H](Oc2cc(-c3csc(NC(C)C)n3)nc3cc(OC)ccc23)CN1C(=O)[C@@H](NC(=O)OC1CCCC1)C(C)(C)C)P(C)(=O)OCOC(=O)OC(C)C.CCCC(NC(=O)[C@@H]1C[C@@H](Oc2cc(-c3ccccc3)nc3cc(OC)ccc23)CN1C(=O)[C@@H](NC(=O)OC1CCCC1)C(C)(C)C)P(=O)(NC(C)C)Oc1ccccc1. The minimum absolute atomic E-state index is 0.0310. The van der Waals surface area contributed by atoms with Crippen LogP contribution in [0.5, 0.6) is 28.7 Å². The lowest BCUT2D eigenvalue weighted by atomic mass is 9.85. The number of thiazole rings is 1. The van der Waals surface area contributed by atoms with Gasteiger partial charge in [0.25, 0.3) is 0 Å². The van der Waals surface area contributed by atoms with Crippen LogP contribution < -0.4 is 55.1 Å². The van der Waals surface area contributed by atoms with Crippen molar-refractivity contribution in [3.63, 3.8) is 0 Å². The van der Waals surface area contributed by atoms with Crippen LogP contribution in [0.4, 0.5) is 19.5 Å². The molecule has 123 heavy (non-hydrogen) atoms. The monoisotopic (exact) mass is 1750 g/mol. The summed E-state index contributed by atoms with van der Waals surface area (Å²) in [5.41, 5.74) is 2.39. The number of hydrogen-bond donors (Lipinski definition) is 6. The Labute approximate surface area is 724 Å². The third-order valence-electron chi connectivity index (χ3n) is 22.2. The maximum Gasteiger partial charge on any atom is 0.510 e. The molecular weight excluding hydrogens is 1630 g/mol. The summed E-state index contributed by atoms with van der Waals surface area (Å²) in [6.45, 7) is 28.6. The lowest BCUT2D eigenvalue weighted by molar-refractivity contribution is -0.142. The molecule has 0 spiro atoms. The van der Waals surface area contributed by atoms with Gasteiger partial charge in [0.2, 0.25) is 37.8 Å². The van der Waals surface area contributed by atoms with E-state index in [0.717, 1.165) is 67.4 Å². The van der Waals surface area contributed by atoms with Crippen LogP contribution in [0.1, 0.15) is 173 Å². The second kappa shape index (κ2) is 40.7. The fourth-order valence-electron chi connectivity index (χ4n) is 15.9. The zero-order valence-electron chi connectivity index (χ0n) is 73.4. The smallest absolute Gasteiger partial charge is 0.497 e. The Kier molecular flexibility index (Phi) is 31.0. The molecule has 3 unspecified atom stereocenters. The Morgan fingerprint density at radius 3 is 1.59 bits per heavy atom. The van der Waals surface area contributed by atoms with Crippen LogP contribution in [-0.4, -0.2) is 185 Å². The summed E-state index contributed by atoms with van der Waals surface area (Å²) in [4.78, 5) is 115. The van der Waals surface area contributed by atoms with Crippen LogP contribution in [0.3, 0.4) is 0 Å². The number of ether oxygens (including phenoxy) is 8. The molecule has 2 saturated heterocycles. The summed E-state index contributed by atoms with van der Waals surface area (Å²) in [6, 6.07) is 28.8. The Bertz CT molecular complexity index is 4980. The first kappa shape index (κ1) is 93.6. The van der Waals surface area contributed by atoms with Gasteiger partial charge in [-0.25, -0.2) is 34.4 Å². The molecular formula is C90H121N11O19P2S. The van der Waals surface area contributed by atoms with Gasteiger partial charge >= 0.3 is 25.9 Å². The van der Waals surface area contributed by atoms with Gasteiger partial charge < -0.3 is 78.8 Å². The molecule has 3 aliphatic carbocycles. The highest BCUT2D eigenvalue weighted by molar-refractivity contribution is 7.60. The molecule has 3 aromatic heterocycles. The molecule has 6 amide bonds. The number of fused-ring (bicyclic) bond motifs is 2. The number of nitrogens with one attached hydrogen (secondary N) is 6. The number of methoxy groups -OCH3 is 2. The van der Waals surface area contributed by atoms with Gasteiger partial charge in [0.1, 0.15) is 94.1 Å². The molecule has 0 bridgehead atoms. The Morgan fingerprint density at radius 2 is 1.12 bits per heavy atom. The third kappa shape index (κ3) is 23.9. The second-order valence-corrected chi connectivity index (χ2v) is 41.0. The standard InChI is InChI=1S/C46H60N5O8P.C44H61N6O11PS/c1-8-17-41(60(55,50-30(2)3)59-33-22-13-10-14-23-33)48-43(52)39-27-35(29-51(39)44(53)42(46(4,5)6)49-45(54)58-32-20-15-16-21-32)57-40-28-37(31-18-11-9-12-19-31)47-38-26-34(56-7)24-25-36(38)40;1-11-27-21-44(27,62(10,55)58-24-57-42(54)59-26(4)5)49-38(51)35-19-30(22-50(35)39(52)37(43(6,7)8)48-41(53)61-28-14-12-13-15-28)60-36-20-33(34-23-63-40(47-34)45-25(2)3)46-32-18-29(56-9)16-17-31(32)36/h9-14,18-19,22-26,28,30,32,35,39,41-42H,8,15-17,20-21,27,29H2,1-7H3,(H,48,52)(H,49,54)(H,50,55);11,16-18,20,23,25-28,30,35,37H,1,12-15,19,21-22,24H2,2-10H3,(H,45,47)(H,48,53)(H,49,51)/t35-,39+,41?,42-,60?;27-,30-,35+,37-,44+,62?/m11/s1. The molecule has 0 radical (unpaired) electrons. The number of alkyl carbamates (subject to hydrolysis) is 2. The highest BCUT2D eigenvalue weighted by Gasteiger charge is 2.66. The third-order valence-corrected chi connectivity index (χ3v) is 28.3. The first-order valence-corrected chi connectivity index (χ1v) is 47.1. The van der Waals surface area contributed by atoms with E-state index in [4.69, 9.17) is 61.9 Å². The van der Waals surface area contributed by atoms with Crippen LogP contribution in [-0.2, 0) is 51.8 Å². The quantitative estimate of drug-likeness (QED) is 0.00731. The first-order valence-electron chi connectivity index (χ1n) is 42.5. The van der Waals surface area contributed by atoms with E-state index < -0.39 is 134 Å². The van der Waals surface area contributed by atoms with Crippen molar-refractivity contribution in [1.29, 1.82) is 0 Å². The zero-order chi connectivity index (χ0) is 88.9. The maximum absolute atomic E-state index is 14.9. The van der Waals surface area contributed by atoms with Crippen molar-refractivity contribution in [2.45, 2.75) is 251 Å². The van der Waals surface area contributed by atoms with E-state index in [1.807, 2.05) is 148 Å². The topological polar surface area (TPSA) is 363 Å².